The number of para-hydroxylation sites is 1. The molecule has 4 rings (SSSR count). The Morgan fingerprint density at radius 1 is 1.15 bits per heavy atom. The van der Waals surface area contributed by atoms with Crippen LogP contribution in [0.25, 0.3) is 10.9 Å². The van der Waals surface area contributed by atoms with Crippen molar-refractivity contribution in [1.82, 2.24) is 4.98 Å². The van der Waals surface area contributed by atoms with Crippen LogP contribution < -0.4 is 14.8 Å². The van der Waals surface area contributed by atoms with Gasteiger partial charge in [0.05, 0.1) is 11.3 Å². The van der Waals surface area contributed by atoms with Crippen molar-refractivity contribution in [2.45, 2.75) is 18.4 Å². The lowest BCUT2D eigenvalue weighted by Crippen LogP contribution is -2.14. The van der Waals surface area contributed by atoms with Crippen molar-refractivity contribution in [2.24, 2.45) is 0 Å². The maximum atomic E-state index is 12.3. The highest BCUT2D eigenvalue weighted by Crippen LogP contribution is 2.34. The molecule has 5 nitrogen and oxygen atoms in total. The van der Waals surface area contributed by atoms with Crippen molar-refractivity contribution >= 4 is 34.3 Å². The number of nitrogens with zero attached hydrogens (tertiary/aromatic N) is 1. The van der Waals surface area contributed by atoms with Crippen LogP contribution in [0.15, 0.2) is 53.6 Å². The zero-order valence-corrected chi connectivity index (χ0v) is 15.1. The number of fused-ring (bicyclic) bond motifs is 2. The number of rotatable bonds is 5. The first-order valence-electron chi connectivity index (χ1n) is 8.44. The Morgan fingerprint density at radius 3 is 2.88 bits per heavy atom. The Kier molecular flexibility index (Phi) is 4.67. The van der Waals surface area contributed by atoms with Gasteiger partial charge >= 0.3 is 0 Å². The number of benzene rings is 2. The molecule has 0 aliphatic carbocycles. The molecular weight excluding hydrogens is 348 g/mol. The van der Waals surface area contributed by atoms with Crippen LogP contribution in [0.4, 0.5) is 5.69 Å². The largest absolute Gasteiger partial charge is 0.454 e. The van der Waals surface area contributed by atoms with Crippen LogP contribution >= 0.6 is 11.8 Å². The van der Waals surface area contributed by atoms with E-state index in [0.717, 1.165) is 27.9 Å². The van der Waals surface area contributed by atoms with Gasteiger partial charge in [-0.1, -0.05) is 36.9 Å². The number of carbonyl (C=O) groups excluding carboxylic acids is 1. The molecule has 0 saturated carbocycles. The molecule has 0 radical (unpaired) electrons. The average molecular weight is 366 g/mol. The van der Waals surface area contributed by atoms with Crippen molar-refractivity contribution in [3.8, 4) is 11.5 Å². The molecule has 1 amide bonds. The first-order chi connectivity index (χ1) is 12.7. The van der Waals surface area contributed by atoms with Crippen molar-refractivity contribution in [2.75, 3.05) is 17.9 Å². The predicted molar refractivity (Wildman–Crippen MR) is 103 cm³/mol. The fraction of sp³-hybridized carbons (Fsp3) is 0.200. The Bertz CT molecular complexity index is 974. The number of carbonyl (C=O) groups is 1. The van der Waals surface area contributed by atoms with Gasteiger partial charge in [0.2, 0.25) is 12.7 Å². The van der Waals surface area contributed by atoms with Crippen LogP contribution in [0.2, 0.25) is 0 Å². The number of nitrogens with one attached hydrogen (secondary N) is 1. The summed E-state index contributed by atoms with van der Waals surface area (Å²) in [5, 5.41) is 4.93. The molecule has 0 unspecified atom stereocenters. The molecule has 2 aromatic carbocycles. The van der Waals surface area contributed by atoms with Crippen LogP contribution in [0.3, 0.4) is 0 Å². The van der Waals surface area contributed by atoms with Gasteiger partial charge in [-0.3, -0.25) is 4.79 Å². The molecule has 0 saturated heterocycles. The van der Waals surface area contributed by atoms with Gasteiger partial charge in [0.25, 0.3) is 0 Å². The van der Waals surface area contributed by atoms with Crippen LogP contribution in [0.5, 0.6) is 11.5 Å². The molecule has 0 fully saturated rings. The van der Waals surface area contributed by atoms with E-state index in [9.17, 15) is 4.79 Å². The summed E-state index contributed by atoms with van der Waals surface area (Å²) < 4.78 is 10.6. The number of ether oxygens (including phenoxy) is 2. The van der Waals surface area contributed by atoms with Gasteiger partial charge in [-0.25, -0.2) is 4.98 Å². The Balaban J connectivity index is 1.45. The summed E-state index contributed by atoms with van der Waals surface area (Å²) in [6.45, 7) is 2.32. The van der Waals surface area contributed by atoms with Crippen molar-refractivity contribution < 1.29 is 14.3 Å². The maximum Gasteiger partial charge on any atom is 0.234 e. The molecule has 0 atom stereocenters. The zero-order chi connectivity index (χ0) is 17.9. The molecule has 1 N–H and O–H groups in total. The highest BCUT2D eigenvalue weighted by atomic mass is 32.2. The molecule has 26 heavy (non-hydrogen) atoms. The van der Waals surface area contributed by atoms with Crippen LogP contribution in [-0.2, 0) is 11.2 Å². The number of hydrogen-bond acceptors (Lipinski definition) is 5. The second-order valence-corrected chi connectivity index (χ2v) is 6.87. The van der Waals surface area contributed by atoms with Gasteiger partial charge in [-0.05, 0) is 36.2 Å². The number of amides is 1. The number of aryl methyl sites for hydroxylation is 1. The fourth-order valence-electron chi connectivity index (χ4n) is 2.83. The Labute approximate surface area is 155 Å². The van der Waals surface area contributed by atoms with Gasteiger partial charge < -0.3 is 14.8 Å². The van der Waals surface area contributed by atoms with E-state index in [0.29, 0.717) is 22.9 Å². The van der Waals surface area contributed by atoms with E-state index >= 15 is 0 Å². The molecule has 1 aromatic heterocycles. The lowest BCUT2D eigenvalue weighted by atomic mass is 10.1. The van der Waals surface area contributed by atoms with E-state index in [-0.39, 0.29) is 12.7 Å². The summed E-state index contributed by atoms with van der Waals surface area (Å²) in [4.78, 5) is 17.0. The minimum absolute atomic E-state index is 0.0779. The molecule has 1 aliphatic rings. The number of anilines is 1. The summed E-state index contributed by atoms with van der Waals surface area (Å²) in [7, 11) is 0. The summed E-state index contributed by atoms with van der Waals surface area (Å²) in [5.41, 5.74) is 2.80. The van der Waals surface area contributed by atoms with Crippen LogP contribution in [0.1, 0.15) is 12.5 Å². The fourth-order valence-corrected chi connectivity index (χ4v) is 3.72. The third-order valence-electron chi connectivity index (χ3n) is 4.14. The molecule has 3 aromatic rings. The quantitative estimate of drug-likeness (QED) is 0.684. The van der Waals surface area contributed by atoms with E-state index in [1.165, 1.54) is 11.8 Å². The summed E-state index contributed by atoms with van der Waals surface area (Å²) in [6.07, 6.45) is 0.879. The van der Waals surface area contributed by atoms with Crippen molar-refractivity contribution in [3.05, 3.63) is 54.1 Å². The van der Waals surface area contributed by atoms with Gasteiger partial charge in [-0.15, -0.1) is 0 Å². The number of hydrogen-bond donors (Lipinski definition) is 1. The lowest BCUT2D eigenvalue weighted by Gasteiger charge is -2.09. The maximum absolute atomic E-state index is 12.3. The number of thioether (sulfide) groups is 1. The zero-order valence-electron chi connectivity index (χ0n) is 14.3. The second-order valence-electron chi connectivity index (χ2n) is 5.90. The molecule has 6 heteroatoms. The SMILES string of the molecule is CCc1cc2ccccc2nc1SCC(=O)Nc1ccc2c(c1)OCO2. The molecule has 0 bridgehead atoms. The third-order valence-corrected chi connectivity index (χ3v) is 5.17. The monoisotopic (exact) mass is 366 g/mol. The summed E-state index contributed by atoms with van der Waals surface area (Å²) in [5.74, 6) is 1.57. The standard InChI is InChI=1S/C20H18N2O3S/c1-2-13-9-14-5-3-4-6-16(14)22-20(13)26-11-19(23)21-15-7-8-17-18(10-15)25-12-24-17/h3-10H,2,11-12H2,1H3,(H,21,23). The minimum atomic E-state index is -0.0779. The van der Waals surface area contributed by atoms with E-state index in [2.05, 4.69) is 24.4 Å². The van der Waals surface area contributed by atoms with Gasteiger partial charge in [0.15, 0.2) is 11.5 Å². The van der Waals surface area contributed by atoms with E-state index in [1.54, 1.807) is 12.1 Å². The van der Waals surface area contributed by atoms with Crippen LogP contribution in [-0.4, -0.2) is 23.4 Å². The normalized spacial score (nSPS) is 12.3. The first-order valence-corrected chi connectivity index (χ1v) is 9.42. The van der Waals surface area contributed by atoms with Crippen LogP contribution in [0, 0.1) is 0 Å². The molecule has 2 heterocycles. The first kappa shape index (κ1) is 16.7. The predicted octanol–water partition coefficient (Wildman–Crippen LogP) is 4.26. The summed E-state index contributed by atoms with van der Waals surface area (Å²) in [6, 6.07) is 15.6. The van der Waals surface area contributed by atoms with E-state index in [1.807, 2.05) is 24.3 Å². The molecule has 1 aliphatic heterocycles. The van der Waals surface area contributed by atoms with Gasteiger partial charge in [-0.2, -0.15) is 0 Å². The topological polar surface area (TPSA) is 60.5 Å². The highest BCUT2D eigenvalue weighted by Gasteiger charge is 2.15. The van der Waals surface area contributed by atoms with Crippen molar-refractivity contribution in [3.63, 3.8) is 0 Å². The Hall–Kier alpha value is -2.73. The minimum Gasteiger partial charge on any atom is -0.454 e. The smallest absolute Gasteiger partial charge is 0.234 e. The highest BCUT2D eigenvalue weighted by molar-refractivity contribution is 8.00. The number of pyridine rings is 1. The number of aromatic nitrogens is 1. The Morgan fingerprint density at radius 2 is 2.00 bits per heavy atom. The van der Waals surface area contributed by atoms with Crippen molar-refractivity contribution in [1.29, 1.82) is 0 Å². The lowest BCUT2D eigenvalue weighted by molar-refractivity contribution is -0.113. The van der Waals surface area contributed by atoms with E-state index in [4.69, 9.17) is 14.5 Å². The molecule has 132 valence electrons. The van der Waals surface area contributed by atoms with Gasteiger partial charge in [0, 0.05) is 17.1 Å². The van der Waals surface area contributed by atoms with Gasteiger partial charge in [0.1, 0.15) is 5.03 Å². The third kappa shape index (κ3) is 3.46. The average Bonchev–Trinajstić information content (AvgIpc) is 3.13. The molecular formula is C20H18N2O3S. The second kappa shape index (κ2) is 7.25. The summed E-state index contributed by atoms with van der Waals surface area (Å²) >= 11 is 1.46. The molecule has 0 spiro atoms. The van der Waals surface area contributed by atoms with E-state index < -0.39 is 0 Å².